The van der Waals surface area contributed by atoms with Gasteiger partial charge in [0.2, 0.25) is 0 Å². The van der Waals surface area contributed by atoms with E-state index in [4.69, 9.17) is 4.74 Å². The molecule has 12 heteroatoms. The lowest BCUT2D eigenvalue weighted by Crippen LogP contribution is -2.40. The number of rotatable bonds is 3. The molecule has 1 aromatic carbocycles. The summed E-state index contributed by atoms with van der Waals surface area (Å²) in [7, 11) is -1.59. The molecular formula is C16H17FN4O5S2. The fraction of sp³-hybridized carbons (Fsp3) is 0.438. The average Bonchev–Trinajstić information content (AvgIpc) is 3.25. The number of ether oxygens (including phenoxy) is 1. The van der Waals surface area contributed by atoms with Crippen LogP contribution in [0.3, 0.4) is 0 Å². The van der Waals surface area contributed by atoms with E-state index >= 15 is 0 Å². The Bertz CT molecular complexity index is 1060. The lowest BCUT2D eigenvalue weighted by atomic mass is 10.2. The first-order valence-corrected chi connectivity index (χ1v) is 11.2. The molecule has 2 amide bonds. The van der Waals surface area contributed by atoms with E-state index in [1.54, 1.807) is 6.07 Å². The Hall–Kier alpha value is -2.47. The van der Waals surface area contributed by atoms with Crippen LogP contribution in [0.5, 0.6) is 0 Å². The molecule has 2 aliphatic heterocycles. The molecule has 0 radical (unpaired) electrons. The maximum atomic E-state index is 14.6. The lowest BCUT2D eigenvalue weighted by Gasteiger charge is -2.25. The van der Waals surface area contributed by atoms with Gasteiger partial charge in [-0.1, -0.05) is 11.3 Å². The second kappa shape index (κ2) is 6.85. The van der Waals surface area contributed by atoms with Crippen molar-refractivity contribution in [2.45, 2.75) is 6.10 Å². The highest BCUT2D eigenvalue weighted by atomic mass is 32.2. The van der Waals surface area contributed by atoms with Gasteiger partial charge in [-0.15, -0.1) is 0 Å². The van der Waals surface area contributed by atoms with Crippen LogP contribution in [0.15, 0.2) is 12.1 Å². The van der Waals surface area contributed by atoms with Crippen LogP contribution in [0.4, 0.5) is 20.0 Å². The van der Waals surface area contributed by atoms with E-state index in [0.29, 0.717) is 22.9 Å². The van der Waals surface area contributed by atoms with Crippen LogP contribution in [-0.4, -0.2) is 69.7 Å². The number of amides is 2. The predicted octanol–water partition coefficient (Wildman–Crippen LogP) is 0.741. The topological polar surface area (TPSA) is 109 Å². The van der Waals surface area contributed by atoms with E-state index in [0.717, 1.165) is 0 Å². The number of fused-ring (bicyclic) bond motifs is 1. The lowest BCUT2D eigenvalue weighted by molar-refractivity contribution is -0.127. The van der Waals surface area contributed by atoms with Crippen LogP contribution in [0.1, 0.15) is 0 Å². The number of aromatic nitrogens is 1. The third-order valence-corrected chi connectivity index (χ3v) is 7.37. The van der Waals surface area contributed by atoms with Crippen molar-refractivity contribution in [2.24, 2.45) is 0 Å². The molecule has 0 spiro atoms. The number of hydrogen-bond donors (Lipinski definition) is 1. The fourth-order valence-electron chi connectivity index (χ4n) is 3.13. The van der Waals surface area contributed by atoms with Crippen LogP contribution >= 0.6 is 11.3 Å². The Morgan fingerprint density at radius 1 is 1.36 bits per heavy atom. The number of likely N-dealkylation sites (N-methyl/N-ethyl adjacent to an activating group) is 1. The minimum absolute atomic E-state index is 0.0148. The molecule has 2 fully saturated rings. The minimum atomic E-state index is -3.03. The molecule has 2 aliphatic rings. The van der Waals surface area contributed by atoms with E-state index in [1.165, 1.54) is 29.4 Å². The molecule has 4 rings (SSSR count). The van der Waals surface area contributed by atoms with Gasteiger partial charge in [-0.3, -0.25) is 9.69 Å². The molecule has 1 atom stereocenters. The number of sulfone groups is 1. The molecule has 3 heterocycles. The van der Waals surface area contributed by atoms with Crippen LogP contribution in [0.25, 0.3) is 10.2 Å². The zero-order valence-electron chi connectivity index (χ0n) is 14.8. The zero-order chi connectivity index (χ0) is 20.1. The summed E-state index contributed by atoms with van der Waals surface area (Å²) in [6.07, 6.45) is -1.68. The summed E-state index contributed by atoms with van der Waals surface area (Å²) in [6, 6.07) is 2.80. The molecule has 0 aliphatic carbocycles. The van der Waals surface area contributed by atoms with E-state index < -0.39 is 33.8 Å². The number of cyclic esters (lactones) is 1. The highest BCUT2D eigenvalue weighted by Crippen LogP contribution is 2.35. The quantitative estimate of drug-likeness (QED) is 0.768. The summed E-state index contributed by atoms with van der Waals surface area (Å²) in [5.41, 5.74) is 0.436. The number of anilines is 2. The van der Waals surface area contributed by atoms with Crippen molar-refractivity contribution < 1.29 is 27.1 Å². The standard InChI is InChI=1S/C16H17FN4O5S2/c1-18-14(22)11-8-21(16(23)26-11)9-6-10(17)13-12(7-9)27-15(19-13)20-2-4-28(24,25)5-3-20/h6-7,11H,2-5,8H2,1H3,(H,18,22)/t11-/m1/s1. The third kappa shape index (κ3) is 3.37. The molecule has 2 saturated heterocycles. The molecule has 28 heavy (non-hydrogen) atoms. The summed E-state index contributed by atoms with van der Waals surface area (Å²) in [5.74, 6) is -0.956. The van der Waals surface area contributed by atoms with Crippen LogP contribution in [0, 0.1) is 5.82 Å². The maximum absolute atomic E-state index is 14.6. The molecular weight excluding hydrogens is 411 g/mol. The van der Waals surface area contributed by atoms with Crippen LogP contribution in [-0.2, 0) is 19.4 Å². The van der Waals surface area contributed by atoms with Crippen LogP contribution in [0.2, 0.25) is 0 Å². The number of halogens is 1. The van der Waals surface area contributed by atoms with Gasteiger partial charge in [-0.05, 0) is 6.07 Å². The van der Waals surface area contributed by atoms with Gasteiger partial charge in [0, 0.05) is 26.2 Å². The van der Waals surface area contributed by atoms with E-state index in [2.05, 4.69) is 10.3 Å². The van der Waals surface area contributed by atoms with E-state index in [-0.39, 0.29) is 29.3 Å². The van der Waals surface area contributed by atoms with Crippen molar-refractivity contribution in [1.29, 1.82) is 0 Å². The highest BCUT2D eigenvalue weighted by Gasteiger charge is 2.37. The second-order valence-corrected chi connectivity index (χ2v) is 9.82. The van der Waals surface area contributed by atoms with Crippen LogP contribution < -0.4 is 15.1 Å². The zero-order valence-corrected chi connectivity index (χ0v) is 16.5. The summed E-state index contributed by atoms with van der Waals surface area (Å²) >= 11 is 1.23. The SMILES string of the molecule is CNC(=O)[C@H]1CN(c2cc(F)c3nc(N4CCS(=O)(=O)CC4)sc3c2)C(=O)O1. The van der Waals surface area contributed by atoms with Gasteiger partial charge in [-0.2, -0.15) is 0 Å². The maximum Gasteiger partial charge on any atom is 0.415 e. The van der Waals surface area contributed by atoms with Crippen molar-refractivity contribution in [3.8, 4) is 0 Å². The first-order chi connectivity index (χ1) is 13.3. The first kappa shape index (κ1) is 18.9. The Labute approximate surface area is 164 Å². The molecule has 0 saturated carbocycles. The number of nitrogens with zero attached hydrogens (tertiary/aromatic N) is 3. The molecule has 0 bridgehead atoms. The first-order valence-electron chi connectivity index (χ1n) is 8.52. The van der Waals surface area contributed by atoms with E-state index in [1.807, 2.05) is 4.90 Å². The second-order valence-electron chi connectivity index (χ2n) is 6.51. The minimum Gasteiger partial charge on any atom is -0.434 e. The van der Waals surface area contributed by atoms with Gasteiger partial charge in [0.25, 0.3) is 5.91 Å². The number of nitrogens with one attached hydrogen (secondary N) is 1. The number of hydrogen-bond acceptors (Lipinski definition) is 8. The fourth-order valence-corrected chi connectivity index (χ4v) is 5.40. The number of thiazole rings is 1. The molecule has 1 N–H and O–H groups in total. The van der Waals surface area contributed by atoms with Crippen molar-refractivity contribution >= 4 is 54.2 Å². The largest absolute Gasteiger partial charge is 0.434 e. The van der Waals surface area contributed by atoms with Gasteiger partial charge < -0.3 is 15.0 Å². The Balaban J connectivity index is 1.62. The molecule has 2 aromatic rings. The van der Waals surface area contributed by atoms with Gasteiger partial charge in [0.1, 0.15) is 5.52 Å². The Kier molecular flexibility index (Phi) is 4.62. The molecule has 9 nitrogen and oxygen atoms in total. The van der Waals surface area contributed by atoms with Gasteiger partial charge in [0.15, 0.2) is 26.9 Å². The number of benzene rings is 1. The number of carbonyl (C=O) groups excluding carboxylic acids is 2. The van der Waals surface area contributed by atoms with E-state index in [9.17, 15) is 22.4 Å². The highest BCUT2D eigenvalue weighted by molar-refractivity contribution is 7.91. The van der Waals surface area contributed by atoms with Crippen molar-refractivity contribution in [3.05, 3.63) is 17.9 Å². The van der Waals surface area contributed by atoms with Crippen molar-refractivity contribution in [3.63, 3.8) is 0 Å². The number of carbonyl (C=O) groups is 2. The molecule has 150 valence electrons. The van der Waals surface area contributed by atoms with Crippen molar-refractivity contribution in [2.75, 3.05) is 48.0 Å². The predicted molar refractivity (Wildman–Crippen MR) is 102 cm³/mol. The van der Waals surface area contributed by atoms with Gasteiger partial charge >= 0.3 is 6.09 Å². The normalized spacial score (nSPS) is 21.8. The Morgan fingerprint density at radius 3 is 2.75 bits per heavy atom. The third-order valence-electron chi connectivity index (χ3n) is 4.70. The Morgan fingerprint density at radius 2 is 2.07 bits per heavy atom. The molecule has 1 aromatic heterocycles. The summed E-state index contributed by atoms with van der Waals surface area (Å²) in [5, 5.41) is 2.95. The smallest absolute Gasteiger partial charge is 0.415 e. The van der Waals surface area contributed by atoms with Gasteiger partial charge in [0.05, 0.1) is 28.4 Å². The average molecular weight is 428 g/mol. The monoisotopic (exact) mass is 428 g/mol. The summed E-state index contributed by atoms with van der Waals surface area (Å²) in [6.45, 7) is 0.602. The van der Waals surface area contributed by atoms with Crippen molar-refractivity contribution in [1.82, 2.24) is 10.3 Å². The van der Waals surface area contributed by atoms with Gasteiger partial charge in [-0.25, -0.2) is 22.6 Å². The summed E-state index contributed by atoms with van der Waals surface area (Å²) < 4.78 is 43.4. The summed E-state index contributed by atoms with van der Waals surface area (Å²) in [4.78, 5) is 31.1. The molecule has 0 unspecified atom stereocenters.